The van der Waals surface area contributed by atoms with Crippen LogP contribution in [0, 0.1) is 5.92 Å². The van der Waals surface area contributed by atoms with E-state index in [0.717, 1.165) is 44.6 Å². The van der Waals surface area contributed by atoms with Gasteiger partial charge in [0, 0.05) is 18.8 Å². The zero-order valence-electron chi connectivity index (χ0n) is 11.7. The predicted octanol–water partition coefficient (Wildman–Crippen LogP) is 2.15. The monoisotopic (exact) mass is 265 g/mol. The summed E-state index contributed by atoms with van der Waals surface area (Å²) in [4.78, 5) is 13.2. The molecule has 0 saturated carbocycles. The summed E-state index contributed by atoms with van der Waals surface area (Å²) < 4.78 is 2.01. The van der Waals surface area contributed by atoms with Crippen molar-refractivity contribution in [2.45, 2.75) is 45.7 Å². The number of aromatic nitrogens is 2. The van der Waals surface area contributed by atoms with Crippen molar-refractivity contribution in [1.82, 2.24) is 14.7 Å². The van der Waals surface area contributed by atoms with Gasteiger partial charge in [0.2, 0.25) is 0 Å². The third-order valence-electron chi connectivity index (χ3n) is 4.03. The van der Waals surface area contributed by atoms with E-state index in [4.69, 9.17) is 5.11 Å². The maximum Gasteiger partial charge on any atom is 0.306 e. The molecule has 1 unspecified atom stereocenters. The minimum Gasteiger partial charge on any atom is -0.481 e. The van der Waals surface area contributed by atoms with Crippen LogP contribution in [0.5, 0.6) is 0 Å². The minimum absolute atomic E-state index is 0.158. The zero-order chi connectivity index (χ0) is 13.8. The van der Waals surface area contributed by atoms with E-state index in [2.05, 4.69) is 29.9 Å². The van der Waals surface area contributed by atoms with Crippen LogP contribution in [-0.4, -0.2) is 38.8 Å². The van der Waals surface area contributed by atoms with Gasteiger partial charge in [0.15, 0.2) is 0 Å². The topological polar surface area (TPSA) is 58.4 Å². The van der Waals surface area contributed by atoms with E-state index in [1.807, 2.05) is 10.9 Å². The first-order valence-electron chi connectivity index (χ1n) is 7.09. The number of aliphatic carboxylic acids is 1. The third kappa shape index (κ3) is 3.56. The normalized spacial score (nSPS) is 19.5. The quantitative estimate of drug-likeness (QED) is 0.886. The van der Waals surface area contributed by atoms with Gasteiger partial charge in [-0.15, -0.1) is 0 Å². The molecule has 0 aromatic carbocycles. The average molecular weight is 265 g/mol. The number of piperidine rings is 1. The van der Waals surface area contributed by atoms with Crippen molar-refractivity contribution in [2.75, 3.05) is 13.1 Å². The number of likely N-dealkylation sites (tertiary alicyclic amines) is 1. The van der Waals surface area contributed by atoms with Crippen LogP contribution >= 0.6 is 0 Å². The Labute approximate surface area is 114 Å². The Hall–Kier alpha value is -1.36. The molecule has 1 aliphatic rings. The Bertz CT molecular complexity index is 422. The van der Waals surface area contributed by atoms with Gasteiger partial charge in [-0.05, 0) is 45.3 Å². The van der Waals surface area contributed by atoms with Crippen molar-refractivity contribution in [3.8, 4) is 0 Å². The maximum atomic E-state index is 10.9. The van der Waals surface area contributed by atoms with Crippen LogP contribution in [0.3, 0.4) is 0 Å². The summed E-state index contributed by atoms with van der Waals surface area (Å²) in [5.74, 6) is -0.811. The molecule has 0 amide bonds. The molecular formula is C14H23N3O2. The molecule has 0 aliphatic carbocycles. The lowest BCUT2D eigenvalue weighted by atomic mass is 9.97. The summed E-state index contributed by atoms with van der Waals surface area (Å²) in [6.07, 6.45) is 4.61. The van der Waals surface area contributed by atoms with Gasteiger partial charge in [-0.3, -0.25) is 14.4 Å². The predicted molar refractivity (Wildman–Crippen MR) is 72.9 cm³/mol. The first-order valence-corrected chi connectivity index (χ1v) is 7.09. The maximum absolute atomic E-state index is 10.9. The van der Waals surface area contributed by atoms with Crippen molar-refractivity contribution < 1.29 is 9.90 Å². The fourth-order valence-electron chi connectivity index (χ4n) is 2.46. The molecule has 2 heterocycles. The number of carboxylic acids is 1. The van der Waals surface area contributed by atoms with E-state index < -0.39 is 5.97 Å². The van der Waals surface area contributed by atoms with Gasteiger partial charge >= 0.3 is 5.97 Å². The number of nitrogens with zero attached hydrogens (tertiary/aromatic N) is 3. The van der Waals surface area contributed by atoms with Crippen LogP contribution in [-0.2, 0) is 11.3 Å². The smallest absolute Gasteiger partial charge is 0.306 e. The standard InChI is InChI=1S/C14H23N3O2/c1-3-11(2)17-9-6-13(15-17)10-16-7-4-12(5-8-16)14(18)19/h6,9,11-12H,3-5,7-8,10H2,1-2H3,(H,18,19). The lowest BCUT2D eigenvalue weighted by Gasteiger charge is -2.29. The molecule has 5 nitrogen and oxygen atoms in total. The molecule has 5 heteroatoms. The average Bonchev–Trinajstić information content (AvgIpc) is 2.87. The molecule has 1 fully saturated rings. The molecule has 1 N–H and O–H groups in total. The lowest BCUT2D eigenvalue weighted by Crippen LogP contribution is -2.35. The van der Waals surface area contributed by atoms with Gasteiger partial charge in [-0.2, -0.15) is 5.10 Å². The van der Waals surface area contributed by atoms with Gasteiger partial charge in [-0.25, -0.2) is 0 Å². The molecular weight excluding hydrogens is 242 g/mol. The van der Waals surface area contributed by atoms with Gasteiger partial charge in [-0.1, -0.05) is 6.92 Å². The number of hydrogen-bond donors (Lipinski definition) is 1. The van der Waals surface area contributed by atoms with Crippen molar-refractivity contribution >= 4 is 5.97 Å². The summed E-state index contributed by atoms with van der Waals surface area (Å²) >= 11 is 0. The summed E-state index contributed by atoms with van der Waals surface area (Å²) in [5, 5.41) is 13.6. The molecule has 0 spiro atoms. The number of rotatable bonds is 5. The van der Waals surface area contributed by atoms with E-state index in [1.165, 1.54) is 0 Å². The van der Waals surface area contributed by atoms with E-state index in [1.54, 1.807) is 0 Å². The van der Waals surface area contributed by atoms with E-state index in [0.29, 0.717) is 6.04 Å². The molecule has 0 bridgehead atoms. The molecule has 1 atom stereocenters. The largest absolute Gasteiger partial charge is 0.481 e. The Kier molecular flexibility index (Phi) is 4.58. The summed E-state index contributed by atoms with van der Waals surface area (Å²) in [5.41, 5.74) is 1.08. The second-order valence-electron chi connectivity index (χ2n) is 5.43. The van der Waals surface area contributed by atoms with Gasteiger partial charge in [0.25, 0.3) is 0 Å². The fourth-order valence-corrected chi connectivity index (χ4v) is 2.46. The highest BCUT2D eigenvalue weighted by Gasteiger charge is 2.24. The zero-order valence-corrected chi connectivity index (χ0v) is 11.7. The Balaban J connectivity index is 1.85. The van der Waals surface area contributed by atoms with Crippen LogP contribution in [0.15, 0.2) is 12.3 Å². The van der Waals surface area contributed by atoms with Crippen LogP contribution in [0.25, 0.3) is 0 Å². The summed E-state index contributed by atoms with van der Waals surface area (Å²) in [6.45, 7) is 6.86. The molecule has 106 valence electrons. The minimum atomic E-state index is -0.652. The highest BCUT2D eigenvalue weighted by molar-refractivity contribution is 5.70. The Morgan fingerprint density at radius 1 is 1.53 bits per heavy atom. The third-order valence-corrected chi connectivity index (χ3v) is 4.03. The van der Waals surface area contributed by atoms with Gasteiger partial charge in [0.05, 0.1) is 11.6 Å². The number of carboxylic acid groups (broad SMARTS) is 1. The molecule has 19 heavy (non-hydrogen) atoms. The molecule has 1 aromatic rings. The molecule has 2 rings (SSSR count). The van der Waals surface area contributed by atoms with Crippen molar-refractivity contribution in [3.63, 3.8) is 0 Å². The highest BCUT2D eigenvalue weighted by Crippen LogP contribution is 2.19. The molecule has 0 radical (unpaired) electrons. The van der Waals surface area contributed by atoms with Crippen LogP contribution in [0.4, 0.5) is 0 Å². The molecule has 1 saturated heterocycles. The van der Waals surface area contributed by atoms with Crippen molar-refractivity contribution in [3.05, 3.63) is 18.0 Å². The number of hydrogen-bond acceptors (Lipinski definition) is 3. The van der Waals surface area contributed by atoms with Gasteiger partial charge < -0.3 is 5.11 Å². The second-order valence-corrected chi connectivity index (χ2v) is 5.43. The summed E-state index contributed by atoms with van der Waals surface area (Å²) in [7, 11) is 0. The fraction of sp³-hybridized carbons (Fsp3) is 0.714. The first kappa shape index (κ1) is 14.1. The number of carbonyl (C=O) groups is 1. The Morgan fingerprint density at radius 2 is 2.21 bits per heavy atom. The first-order chi connectivity index (χ1) is 9.10. The second kappa shape index (κ2) is 6.19. The van der Waals surface area contributed by atoms with E-state index in [-0.39, 0.29) is 5.92 Å². The van der Waals surface area contributed by atoms with Gasteiger partial charge in [0.1, 0.15) is 0 Å². The van der Waals surface area contributed by atoms with Crippen molar-refractivity contribution in [1.29, 1.82) is 0 Å². The van der Waals surface area contributed by atoms with E-state index in [9.17, 15) is 4.79 Å². The van der Waals surface area contributed by atoms with E-state index >= 15 is 0 Å². The van der Waals surface area contributed by atoms with Crippen LogP contribution in [0.2, 0.25) is 0 Å². The highest BCUT2D eigenvalue weighted by atomic mass is 16.4. The lowest BCUT2D eigenvalue weighted by molar-refractivity contribution is -0.143. The molecule has 1 aromatic heterocycles. The van der Waals surface area contributed by atoms with Crippen LogP contribution < -0.4 is 0 Å². The summed E-state index contributed by atoms with van der Waals surface area (Å²) in [6, 6.07) is 2.50. The van der Waals surface area contributed by atoms with Crippen LogP contribution in [0.1, 0.15) is 44.8 Å². The SMILES string of the molecule is CCC(C)n1ccc(CN2CCC(C(=O)O)CC2)n1. The Morgan fingerprint density at radius 3 is 2.79 bits per heavy atom. The van der Waals surface area contributed by atoms with Crippen molar-refractivity contribution in [2.24, 2.45) is 5.92 Å². The molecule has 1 aliphatic heterocycles.